The molecule has 0 aliphatic carbocycles. The van der Waals surface area contributed by atoms with E-state index in [1.807, 2.05) is 60.7 Å². The zero-order valence-corrected chi connectivity index (χ0v) is 14.1. The molecule has 3 heteroatoms. The van der Waals surface area contributed by atoms with Gasteiger partial charge in [-0.05, 0) is 23.3 Å². The molecule has 128 valence electrons. The Morgan fingerprint density at radius 1 is 1.00 bits per heavy atom. The second-order valence-corrected chi connectivity index (χ2v) is 6.30. The number of carbonyl (C=O) groups is 1. The predicted molar refractivity (Wildman–Crippen MR) is 101 cm³/mol. The van der Waals surface area contributed by atoms with Gasteiger partial charge in [-0.1, -0.05) is 66.7 Å². The number of allylic oxidation sites excluding steroid dienone is 1. The summed E-state index contributed by atoms with van der Waals surface area (Å²) in [6.45, 7) is 0. The first-order valence-corrected chi connectivity index (χ1v) is 8.55. The quantitative estimate of drug-likeness (QED) is 0.538. The van der Waals surface area contributed by atoms with Gasteiger partial charge in [-0.2, -0.15) is 0 Å². The van der Waals surface area contributed by atoms with Crippen LogP contribution >= 0.6 is 0 Å². The highest BCUT2D eigenvalue weighted by Crippen LogP contribution is 2.41. The summed E-state index contributed by atoms with van der Waals surface area (Å²) in [4.78, 5) is 12.7. The number of aromatic hydroxyl groups is 1. The Hall–Kier alpha value is -3.33. The Balaban J connectivity index is 1.63. The Bertz CT molecular complexity index is 960. The molecule has 0 bridgehead atoms. The molecule has 26 heavy (non-hydrogen) atoms. The highest BCUT2D eigenvalue weighted by Gasteiger charge is 2.29. The van der Waals surface area contributed by atoms with E-state index < -0.39 is 0 Å². The molecule has 3 aromatic carbocycles. The Kier molecular flexibility index (Phi) is 4.28. The molecular formula is C23H18O3. The summed E-state index contributed by atoms with van der Waals surface area (Å²) in [7, 11) is 0. The number of benzene rings is 3. The third-order valence-electron chi connectivity index (χ3n) is 4.52. The van der Waals surface area contributed by atoms with E-state index in [0.29, 0.717) is 17.7 Å². The summed E-state index contributed by atoms with van der Waals surface area (Å²) in [5.74, 6) is 0.475. The minimum Gasteiger partial charge on any atom is -0.508 e. The van der Waals surface area contributed by atoms with Gasteiger partial charge in [-0.3, -0.25) is 4.79 Å². The van der Waals surface area contributed by atoms with E-state index in [4.69, 9.17) is 4.74 Å². The minimum absolute atomic E-state index is 0.0360. The lowest BCUT2D eigenvalue weighted by Crippen LogP contribution is -2.03. The van der Waals surface area contributed by atoms with Crippen molar-refractivity contribution in [2.75, 3.05) is 0 Å². The molecule has 1 N–H and O–H groups in total. The van der Waals surface area contributed by atoms with E-state index >= 15 is 0 Å². The number of ketones is 1. The van der Waals surface area contributed by atoms with Gasteiger partial charge < -0.3 is 9.84 Å². The average Bonchev–Trinajstić information content (AvgIpc) is 3.11. The fraction of sp³-hybridized carbons (Fsp3) is 0.0870. The van der Waals surface area contributed by atoms with Crippen LogP contribution in [0.4, 0.5) is 0 Å². The first kappa shape index (κ1) is 16.2. The van der Waals surface area contributed by atoms with E-state index in [1.54, 1.807) is 18.2 Å². The standard InChI is InChI=1S/C23H18O3/c24-18-13-19(21(25)12-11-16-7-3-1-4-8-16)20-15-22(26-23(20)14-18)17-9-5-2-6-10-17/h1-14,22,24H,15H2/b12-11-. The van der Waals surface area contributed by atoms with Crippen molar-refractivity contribution in [3.8, 4) is 11.5 Å². The minimum atomic E-state index is -0.141. The fourth-order valence-corrected chi connectivity index (χ4v) is 3.23. The van der Waals surface area contributed by atoms with Crippen molar-refractivity contribution in [1.82, 2.24) is 0 Å². The normalized spacial score (nSPS) is 15.6. The van der Waals surface area contributed by atoms with Crippen molar-refractivity contribution in [2.24, 2.45) is 0 Å². The molecule has 0 amide bonds. The molecule has 0 spiro atoms. The molecule has 3 nitrogen and oxygen atoms in total. The maximum absolute atomic E-state index is 12.7. The number of carbonyl (C=O) groups excluding carboxylic acids is 1. The molecule has 1 atom stereocenters. The number of ether oxygens (including phenoxy) is 1. The van der Waals surface area contributed by atoms with Crippen molar-refractivity contribution in [1.29, 1.82) is 0 Å². The van der Waals surface area contributed by atoms with Crippen LogP contribution in [0.3, 0.4) is 0 Å². The molecule has 1 aliphatic rings. The second-order valence-electron chi connectivity index (χ2n) is 6.30. The van der Waals surface area contributed by atoms with Crippen molar-refractivity contribution < 1.29 is 14.6 Å². The van der Waals surface area contributed by atoms with Gasteiger partial charge in [0, 0.05) is 23.6 Å². The van der Waals surface area contributed by atoms with Gasteiger partial charge in [0.15, 0.2) is 5.78 Å². The number of phenolic OH excluding ortho intramolecular Hbond substituents is 1. The van der Waals surface area contributed by atoms with Gasteiger partial charge >= 0.3 is 0 Å². The Morgan fingerprint density at radius 3 is 2.42 bits per heavy atom. The predicted octanol–water partition coefficient (Wildman–Crippen LogP) is 4.96. The first-order valence-electron chi connectivity index (χ1n) is 8.55. The molecule has 0 radical (unpaired) electrons. The summed E-state index contributed by atoms with van der Waals surface area (Å²) in [6, 6.07) is 22.7. The van der Waals surface area contributed by atoms with Crippen LogP contribution in [-0.4, -0.2) is 10.9 Å². The second kappa shape index (κ2) is 6.89. The molecule has 1 aliphatic heterocycles. The van der Waals surface area contributed by atoms with Crippen LogP contribution in [-0.2, 0) is 6.42 Å². The highest BCUT2D eigenvalue weighted by atomic mass is 16.5. The largest absolute Gasteiger partial charge is 0.508 e. The van der Waals surface area contributed by atoms with Crippen LogP contribution in [0.2, 0.25) is 0 Å². The molecule has 4 rings (SSSR count). The average molecular weight is 342 g/mol. The zero-order chi connectivity index (χ0) is 17.9. The monoisotopic (exact) mass is 342 g/mol. The van der Waals surface area contributed by atoms with Crippen molar-refractivity contribution in [3.05, 3.63) is 101 Å². The van der Waals surface area contributed by atoms with Gasteiger partial charge in [0.1, 0.15) is 17.6 Å². The molecule has 0 fully saturated rings. The summed E-state index contributed by atoms with van der Waals surface area (Å²) in [5, 5.41) is 10.0. The van der Waals surface area contributed by atoms with Gasteiger partial charge in [0.05, 0.1) is 0 Å². The van der Waals surface area contributed by atoms with Crippen LogP contribution in [0.1, 0.15) is 33.2 Å². The number of hydrogen-bond acceptors (Lipinski definition) is 3. The Labute approximate surface area is 152 Å². The third kappa shape index (κ3) is 3.24. The summed E-state index contributed by atoms with van der Waals surface area (Å²) in [5.41, 5.74) is 3.35. The maximum atomic E-state index is 12.7. The number of fused-ring (bicyclic) bond motifs is 1. The lowest BCUT2D eigenvalue weighted by Gasteiger charge is -2.10. The zero-order valence-electron chi connectivity index (χ0n) is 14.1. The van der Waals surface area contributed by atoms with Crippen LogP contribution in [0.5, 0.6) is 11.5 Å². The van der Waals surface area contributed by atoms with Gasteiger partial charge in [0.25, 0.3) is 0 Å². The van der Waals surface area contributed by atoms with E-state index in [-0.39, 0.29) is 17.6 Å². The summed E-state index contributed by atoms with van der Waals surface area (Å²) < 4.78 is 5.99. The van der Waals surface area contributed by atoms with Crippen molar-refractivity contribution in [3.63, 3.8) is 0 Å². The van der Waals surface area contributed by atoms with Crippen molar-refractivity contribution in [2.45, 2.75) is 12.5 Å². The molecule has 0 aromatic heterocycles. The van der Waals surface area contributed by atoms with Crippen LogP contribution < -0.4 is 4.74 Å². The molecular weight excluding hydrogens is 324 g/mol. The molecule has 0 saturated heterocycles. The molecule has 1 heterocycles. The maximum Gasteiger partial charge on any atom is 0.186 e. The SMILES string of the molecule is O=C(/C=C\c1ccccc1)c1cc(O)cc2c1CC(c1ccccc1)O2. The van der Waals surface area contributed by atoms with E-state index in [2.05, 4.69) is 0 Å². The molecule has 0 saturated carbocycles. The summed E-state index contributed by atoms with van der Waals surface area (Å²) in [6.07, 6.45) is 3.79. The highest BCUT2D eigenvalue weighted by molar-refractivity contribution is 6.08. The van der Waals surface area contributed by atoms with E-state index in [0.717, 1.165) is 16.7 Å². The third-order valence-corrected chi connectivity index (χ3v) is 4.52. The summed E-state index contributed by atoms with van der Waals surface area (Å²) >= 11 is 0. The fourth-order valence-electron chi connectivity index (χ4n) is 3.23. The smallest absolute Gasteiger partial charge is 0.186 e. The van der Waals surface area contributed by atoms with E-state index in [9.17, 15) is 9.90 Å². The number of rotatable bonds is 4. The molecule has 3 aromatic rings. The van der Waals surface area contributed by atoms with Crippen molar-refractivity contribution >= 4 is 11.9 Å². The van der Waals surface area contributed by atoms with Crippen LogP contribution in [0.25, 0.3) is 6.08 Å². The van der Waals surface area contributed by atoms with Crippen LogP contribution in [0.15, 0.2) is 78.9 Å². The van der Waals surface area contributed by atoms with Gasteiger partial charge in [-0.25, -0.2) is 0 Å². The topological polar surface area (TPSA) is 46.5 Å². The van der Waals surface area contributed by atoms with Gasteiger partial charge in [-0.15, -0.1) is 0 Å². The Morgan fingerprint density at radius 2 is 1.69 bits per heavy atom. The first-order chi connectivity index (χ1) is 12.7. The lowest BCUT2D eigenvalue weighted by molar-refractivity contribution is 0.104. The number of phenols is 1. The molecule has 1 unspecified atom stereocenters. The van der Waals surface area contributed by atoms with Crippen LogP contribution in [0, 0.1) is 0 Å². The lowest BCUT2D eigenvalue weighted by atomic mass is 9.96. The van der Waals surface area contributed by atoms with E-state index in [1.165, 1.54) is 6.07 Å². The number of hydrogen-bond donors (Lipinski definition) is 1. The van der Waals surface area contributed by atoms with Gasteiger partial charge in [0.2, 0.25) is 0 Å².